The minimum Gasteiger partial charge on any atom is -0.379 e. The number of hydrogen-bond acceptors (Lipinski definition) is 5. The molecule has 1 aliphatic rings. The smallest absolute Gasteiger partial charge is 0.269 e. The highest BCUT2D eigenvalue weighted by Crippen LogP contribution is 2.17. The third kappa shape index (κ3) is 4.81. The van der Waals surface area contributed by atoms with Crippen LogP contribution in [0.1, 0.15) is 31.8 Å². The maximum atomic E-state index is 12.6. The number of hydrogen-bond donors (Lipinski definition) is 2. The molecule has 29 heavy (non-hydrogen) atoms. The zero-order chi connectivity index (χ0) is 21.0. The van der Waals surface area contributed by atoms with Crippen molar-refractivity contribution in [2.45, 2.75) is 18.7 Å². The van der Waals surface area contributed by atoms with Gasteiger partial charge in [-0.05, 0) is 49.7 Å². The van der Waals surface area contributed by atoms with Crippen molar-refractivity contribution in [3.05, 3.63) is 64.7 Å². The van der Waals surface area contributed by atoms with Crippen LogP contribution in [0.25, 0.3) is 0 Å². The van der Waals surface area contributed by atoms with Crippen LogP contribution >= 0.6 is 0 Å². The number of morpholine rings is 1. The summed E-state index contributed by atoms with van der Waals surface area (Å²) in [6, 6.07) is 11.0. The Morgan fingerprint density at radius 2 is 1.55 bits per heavy atom. The van der Waals surface area contributed by atoms with Crippen LogP contribution in [-0.4, -0.2) is 50.8 Å². The second-order valence-electron chi connectivity index (χ2n) is 6.77. The van der Waals surface area contributed by atoms with Crippen LogP contribution in [0.5, 0.6) is 0 Å². The van der Waals surface area contributed by atoms with Gasteiger partial charge < -0.3 is 4.74 Å². The van der Waals surface area contributed by atoms with E-state index in [1.54, 1.807) is 6.07 Å². The zero-order valence-corrected chi connectivity index (χ0v) is 17.1. The average molecular weight is 417 g/mol. The van der Waals surface area contributed by atoms with Crippen molar-refractivity contribution in [1.82, 2.24) is 15.2 Å². The largest absolute Gasteiger partial charge is 0.379 e. The molecule has 2 N–H and O–H groups in total. The van der Waals surface area contributed by atoms with Gasteiger partial charge in [-0.1, -0.05) is 17.7 Å². The Morgan fingerprint density at radius 3 is 2.17 bits per heavy atom. The topological polar surface area (TPSA) is 105 Å². The number of sulfonamides is 1. The summed E-state index contributed by atoms with van der Waals surface area (Å²) in [5, 5.41) is 0. The number of hydrazine groups is 1. The predicted octanol–water partition coefficient (Wildman–Crippen LogP) is 1.40. The SMILES string of the molecule is Cc1ccc(C(=O)NNC(=O)c2ccc(S(=O)(=O)N3CCOCC3)cc2)c(C)c1. The van der Waals surface area contributed by atoms with Crippen LogP contribution in [0.4, 0.5) is 0 Å². The first kappa shape index (κ1) is 21.0. The molecule has 0 saturated carbocycles. The molecule has 0 radical (unpaired) electrons. The lowest BCUT2D eigenvalue weighted by Gasteiger charge is -2.26. The molecule has 1 heterocycles. The van der Waals surface area contributed by atoms with E-state index in [0.717, 1.165) is 11.1 Å². The Labute approximate surface area is 169 Å². The van der Waals surface area contributed by atoms with E-state index in [2.05, 4.69) is 10.9 Å². The van der Waals surface area contributed by atoms with Gasteiger partial charge in [0, 0.05) is 24.2 Å². The molecule has 154 valence electrons. The van der Waals surface area contributed by atoms with Crippen molar-refractivity contribution < 1.29 is 22.7 Å². The highest BCUT2D eigenvalue weighted by Gasteiger charge is 2.26. The van der Waals surface area contributed by atoms with Crippen LogP contribution in [0.3, 0.4) is 0 Å². The van der Waals surface area contributed by atoms with Crippen molar-refractivity contribution in [1.29, 1.82) is 0 Å². The molecule has 3 rings (SSSR count). The molecule has 1 saturated heterocycles. The number of rotatable bonds is 4. The Kier molecular flexibility index (Phi) is 6.31. The van der Waals surface area contributed by atoms with E-state index in [1.165, 1.54) is 28.6 Å². The summed E-state index contributed by atoms with van der Waals surface area (Å²) >= 11 is 0. The lowest BCUT2D eigenvalue weighted by molar-refractivity contribution is 0.0730. The first-order chi connectivity index (χ1) is 13.8. The monoisotopic (exact) mass is 417 g/mol. The fourth-order valence-electron chi connectivity index (χ4n) is 3.04. The molecule has 0 aliphatic carbocycles. The third-order valence-corrected chi connectivity index (χ3v) is 6.55. The summed E-state index contributed by atoms with van der Waals surface area (Å²) in [6.45, 7) is 5.07. The molecular formula is C20H23N3O5S. The van der Waals surface area contributed by atoms with Crippen molar-refractivity contribution >= 4 is 21.8 Å². The van der Waals surface area contributed by atoms with Crippen LogP contribution in [0.2, 0.25) is 0 Å². The molecule has 9 heteroatoms. The second-order valence-corrected chi connectivity index (χ2v) is 8.71. The Bertz CT molecular complexity index is 1010. The van der Waals surface area contributed by atoms with E-state index in [4.69, 9.17) is 4.74 Å². The number of nitrogens with one attached hydrogen (secondary N) is 2. The molecule has 0 aromatic heterocycles. The van der Waals surface area contributed by atoms with Gasteiger partial charge >= 0.3 is 0 Å². The first-order valence-electron chi connectivity index (χ1n) is 9.15. The van der Waals surface area contributed by atoms with Gasteiger partial charge in [-0.2, -0.15) is 4.31 Å². The quantitative estimate of drug-likeness (QED) is 0.732. The van der Waals surface area contributed by atoms with Crippen molar-refractivity contribution in [2.75, 3.05) is 26.3 Å². The number of benzene rings is 2. The van der Waals surface area contributed by atoms with E-state index in [0.29, 0.717) is 31.9 Å². The predicted molar refractivity (Wildman–Crippen MR) is 107 cm³/mol. The van der Waals surface area contributed by atoms with Crippen LogP contribution in [0.15, 0.2) is 47.4 Å². The third-order valence-electron chi connectivity index (χ3n) is 4.64. The van der Waals surface area contributed by atoms with Gasteiger partial charge in [-0.25, -0.2) is 8.42 Å². The molecule has 2 amide bonds. The summed E-state index contributed by atoms with van der Waals surface area (Å²) in [5.74, 6) is -0.971. The highest BCUT2D eigenvalue weighted by atomic mass is 32.2. The van der Waals surface area contributed by atoms with Crippen molar-refractivity contribution in [2.24, 2.45) is 0 Å². The normalized spacial score (nSPS) is 15.0. The second kappa shape index (κ2) is 8.73. The Hall–Kier alpha value is -2.75. The number of aryl methyl sites for hydroxylation is 2. The molecule has 8 nitrogen and oxygen atoms in total. The summed E-state index contributed by atoms with van der Waals surface area (Å²) in [7, 11) is -3.62. The van der Waals surface area contributed by atoms with Gasteiger partial charge in [0.1, 0.15) is 0 Å². The lowest BCUT2D eigenvalue weighted by Crippen LogP contribution is -2.42. The van der Waals surface area contributed by atoms with Gasteiger partial charge in [0.15, 0.2) is 0 Å². The van der Waals surface area contributed by atoms with Crippen molar-refractivity contribution in [3.63, 3.8) is 0 Å². The van der Waals surface area contributed by atoms with E-state index < -0.39 is 21.8 Å². The van der Waals surface area contributed by atoms with Crippen LogP contribution in [-0.2, 0) is 14.8 Å². The minimum atomic E-state index is -3.62. The summed E-state index contributed by atoms with van der Waals surface area (Å²) in [6.07, 6.45) is 0. The van der Waals surface area contributed by atoms with Gasteiger partial charge in [0.25, 0.3) is 11.8 Å². The molecule has 0 atom stereocenters. The zero-order valence-electron chi connectivity index (χ0n) is 16.3. The van der Waals surface area contributed by atoms with Crippen molar-refractivity contribution in [3.8, 4) is 0 Å². The molecule has 1 aliphatic heterocycles. The highest BCUT2D eigenvalue weighted by molar-refractivity contribution is 7.89. The fourth-order valence-corrected chi connectivity index (χ4v) is 4.44. The van der Waals surface area contributed by atoms with E-state index in [-0.39, 0.29) is 10.5 Å². The number of ether oxygens (including phenoxy) is 1. The Morgan fingerprint density at radius 1 is 0.931 bits per heavy atom. The standard InChI is InChI=1S/C20H23N3O5S/c1-14-3-8-18(15(2)13-14)20(25)22-21-19(24)16-4-6-17(7-5-16)29(26,27)23-9-11-28-12-10-23/h3-8,13H,9-12H2,1-2H3,(H,21,24)(H,22,25). The van der Waals surface area contributed by atoms with Gasteiger partial charge in [0.05, 0.1) is 18.1 Å². The number of amides is 2. The lowest BCUT2D eigenvalue weighted by atomic mass is 10.1. The molecule has 2 aromatic rings. The maximum absolute atomic E-state index is 12.6. The summed E-state index contributed by atoms with van der Waals surface area (Å²) in [5.41, 5.74) is 7.25. The fraction of sp³-hybridized carbons (Fsp3) is 0.300. The molecule has 2 aromatic carbocycles. The van der Waals surface area contributed by atoms with Gasteiger partial charge in [0.2, 0.25) is 10.0 Å². The molecule has 0 spiro atoms. The Balaban J connectivity index is 1.63. The summed E-state index contributed by atoms with van der Waals surface area (Å²) < 4.78 is 31.8. The number of carbonyl (C=O) groups excluding carboxylic acids is 2. The molecular weight excluding hydrogens is 394 g/mol. The molecule has 1 fully saturated rings. The van der Waals surface area contributed by atoms with Gasteiger partial charge in [-0.3, -0.25) is 20.4 Å². The summed E-state index contributed by atoms with van der Waals surface area (Å²) in [4.78, 5) is 24.6. The van der Waals surface area contributed by atoms with E-state index in [9.17, 15) is 18.0 Å². The molecule has 0 bridgehead atoms. The average Bonchev–Trinajstić information content (AvgIpc) is 2.72. The van der Waals surface area contributed by atoms with Gasteiger partial charge in [-0.15, -0.1) is 0 Å². The maximum Gasteiger partial charge on any atom is 0.269 e. The minimum absolute atomic E-state index is 0.107. The van der Waals surface area contributed by atoms with E-state index in [1.807, 2.05) is 26.0 Å². The molecule has 0 unspecified atom stereocenters. The number of carbonyl (C=O) groups is 2. The number of nitrogens with zero attached hydrogens (tertiary/aromatic N) is 1. The van der Waals surface area contributed by atoms with Crippen LogP contribution < -0.4 is 10.9 Å². The first-order valence-corrected chi connectivity index (χ1v) is 10.6. The van der Waals surface area contributed by atoms with Crippen LogP contribution in [0, 0.1) is 13.8 Å². The van der Waals surface area contributed by atoms with E-state index >= 15 is 0 Å².